The Hall–Kier alpha value is -2.67. The normalized spacial score (nSPS) is 14.5. The average Bonchev–Trinajstić information content (AvgIpc) is 3.26. The second kappa shape index (κ2) is 9.53. The van der Waals surface area contributed by atoms with Crippen LogP contribution in [0.4, 0.5) is 0 Å². The van der Waals surface area contributed by atoms with Crippen LogP contribution in [0.25, 0.3) is 22.3 Å². The van der Waals surface area contributed by atoms with E-state index in [1.165, 1.54) is 0 Å². The predicted octanol–water partition coefficient (Wildman–Crippen LogP) is 4.53. The lowest BCUT2D eigenvalue weighted by Gasteiger charge is -2.24. The number of fused-ring (bicyclic) bond motifs is 2. The molecule has 1 aliphatic heterocycles. The molecule has 0 saturated carbocycles. The first-order valence-electron chi connectivity index (χ1n) is 11.6. The summed E-state index contributed by atoms with van der Waals surface area (Å²) in [6.07, 6.45) is 0.731. The predicted molar refractivity (Wildman–Crippen MR) is 135 cm³/mol. The lowest BCUT2D eigenvalue weighted by molar-refractivity contribution is -0.133. The first-order chi connectivity index (χ1) is 16.1. The molecule has 0 aliphatic carbocycles. The topological polar surface area (TPSA) is 89.0 Å². The Morgan fingerprint density at radius 1 is 1.24 bits per heavy atom. The maximum atomic E-state index is 12.7. The molecule has 180 valence electrons. The van der Waals surface area contributed by atoms with E-state index in [0.717, 1.165) is 29.1 Å². The molecule has 2 aromatic heterocycles. The number of carbonyl (C=O) groups excluding carboxylic acids is 1. The minimum atomic E-state index is -1.21. The Morgan fingerprint density at radius 3 is 2.68 bits per heavy atom. The number of aromatic nitrogens is 4. The van der Waals surface area contributed by atoms with Crippen LogP contribution >= 0.6 is 11.6 Å². The van der Waals surface area contributed by atoms with Crippen LogP contribution in [-0.4, -0.2) is 57.6 Å². The average molecular weight is 499 g/mol. The van der Waals surface area contributed by atoms with Gasteiger partial charge in [0, 0.05) is 44.8 Å². The number of halogens is 1. The van der Waals surface area contributed by atoms with Gasteiger partial charge in [-0.3, -0.25) is 9.48 Å². The minimum absolute atomic E-state index is 0.0660. The van der Waals surface area contributed by atoms with Crippen LogP contribution in [0, 0.1) is 11.3 Å². The molecule has 8 nitrogen and oxygen atoms in total. The van der Waals surface area contributed by atoms with Crippen molar-refractivity contribution in [2.45, 2.75) is 65.3 Å². The molecule has 0 atom stereocenters. The van der Waals surface area contributed by atoms with E-state index >= 15 is 0 Å². The van der Waals surface area contributed by atoms with Crippen molar-refractivity contribution in [1.82, 2.24) is 24.5 Å². The monoisotopic (exact) mass is 498 g/mol. The highest BCUT2D eigenvalue weighted by molar-refractivity contribution is 6.76. The molecule has 3 aromatic rings. The zero-order valence-electron chi connectivity index (χ0n) is 20.4. The molecule has 34 heavy (non-hydrogen) atoms. The maximum Gasteiger partial charge on any atom is 0.244 e. The van der Waals surface area contributed by atoms with Crippen LogP contribution in [0.1, 0.15) is 25.1 Å². The highest BCUT2D eigenvalue weighted by atomic mass is 35.5. The number of benzene rings is 1. The van der Waals surface area contributed by atoms with Crippen molar-refractivity contribution in [1.29, 1.82) is 5.26 Å². The van der Waals surface area contributed by atoms with E-state index in [4.69, 9.17) is 26.5 Å². The molecular formula is C24H31ClN6O2Si. The van der Waals surface area contributed by atoms with Crippen molar-refractivity contribution >= 4 is 36.5 Å². The van der Waals surface area contributed by atoms with Gasteiger partial charge in [0.2, 0.25) is 5.91 Å². The molecule has 1 aromatic carbocycles. The second-order valence-electron chi connectivity index (χ2n) is 10.3. The summed E-state index contributed by atoms with van der Waals surface area (Å²) in [6, 6.07) is 8.89. The molecule has 0 bridgehead atoms. The third kappa shape index (κ3) is 5.04. The first-order valence-corrected chi connectivity index (χ1v) is 15.7. The Labute approximate surface area is 206 Å². The van der Waals surface area contributed by atoms with Crippen LogP contribution in [0.15, 0.2) is 18.2 Å². The van der Waals surface area contributed by atoms with Crippen molar-refractivity contribution in [3.63, 3.8) is 0 Å². The van der Waals surface area contributed by atoms with Gasteiger partial charge in [0.25, 0.3) is 0 Å². The molecular weight excluding hydrogens is 468 g/mol. The largest absolute Gasteiger partial charge is 0.360 e. The molecule has 0 fully saturated rings. The summed E-state index contributed by atoms with van der Waals surface area (Å²) in [5, 5.41) is 20.2. The Morgan fingerprint density at radius 2 is 2.00 bits per heavy atom. The maximum absolute atomic E-state index is 12.7. The fraction of sp³-hybridized carbons (Fsp3) is 0.500. The standard InChI is InChI=1S/C24H31ClN6O2Si/c1-16(2)29-7-6-18-11-21(27-30(18)14-23(29)32)24-19-12-20(25)17(13-26)10-22(19)31(28-24)15-33-8-9-34(3,4)5/h10-12,16H,6-9,14-15H2,1-5H3. The van der Waals surface area contributed by atoms with E-state index < -0.39 is 8.07 Å². The zero-order chi connectivity index (χ0) is 24.6. The fourth-order valence-corrected chi connectivity index (χ4v) is 5.09. The van der Waals surface area contributed by atoms with Gasteiger partial charge >= 0.3 is 0 Å². The smallest absolute Gasteiger partial charge is 0.244 e. The zero-order valence-corrected chi connectivity index (χ0v) is 22.2. The summed E-state index contributed by atoms with van der Waals surface area (Å²) in [5.74, 6) is 0.0660. The SMILES string of the molecule is CC(C)N1CCc2cc(-c3nn(COCC[Si](C)(C)C)c4cc(C#N)c(Cl)cc34)nn2CC1=O. The van der Waals surface area contributed by atoms with Gasteiger partial charge in [-0.05, 0) is 38.1 Å². The minimum Gasteiger partial charge on any atom is -0.360 e. The van der Waals surface area contributed by atoms with E-state index in [1.54, 1.807) is 21.5 Å². The highest BCUT2D eigenvalue weighted by Crippen LogP contribution is 2.32. The Kier molecular flexibility index (Phi) is 6.85. The summed E-state index contributed by atoms with van der Waals surface area (Å²) < 4.78 is 9.49. The van der Waals surface area contributed by atoms with Gasteiger partial charge in [-0.25, -0.2) is 4.68 Å². The second-order valence-corrected chi connectivity index (χ2v) is 16.3. The van der Waals surface area contributed by atoms with Crippen molar-refractivity contribution in [3.8, 4) is 17.5 Å². The number of hydrogen-bond donors (Lipinski definition) is 0. The van der Waals surface area contributed by atoms with Crippen LogP contribution < -0.4 is 0 Å². The van der Waals surface area contributed by atoms with E-state index in [2.05, 4.69) is 25.7 Å². The molecule has 0 unspecified atom stereocenters. The van der Waals surface area contributed by atoms with E-state index in [0.29, 0.717) is 35.1 Å². The third-order valence-corrected chi connectivity index (χ3v) is 8.13. The van der Waals surface area contributed by atoms with Crippen LogP contribution in [0.2, 0.25) is 30.7 Å². The highest BCUT2D eigenvalue weighted by Gasteiger charge is 2.25. The molecule has 0 radical (unpaired) electrons. The van der Waals surface area contributed by atoms with E-state index in [1.807, 2.05) is 24.8 Å². The summed E-state index contributed by atoms with van der Waals surface area (Å²) in [6.45, 7) is 12.8. The molecule has 1 amide bonds. The summed E-state index contributed by atoms with van der Waals surface area (Å²) in [4.78, 5) is 14.6. The number of nitriles is 1. The van der Waals surface area contributed by atoms with Gasteiger partial charge < -0.3 is 9.64 Å². The lowest BCUT2D eigenvalue weighted by Crippen LogP contribution is -2.38. The number of carbonyl (C=O) groups is 1. The number of amides is 1. The van der Waals surface area contributed by atoms with Crippen LogP contribution in [-0.2, 0) is 29.2 Å². The third-order valence-electron chi connectivity index (χ3n) is 6.11. The van der Waals surface area contributed by atoms with Gasteiger partial charge in [-0.15, -0.1) is 0 Å². The van der Waals surface area contributed by atoms with Gasteiger partial charge in [-0.2, -0.15) is 15.5 Å². The quantitative estimate of drug-likeness (QED) is 0.352. The van der Waals surface area contributed by atoms with E-state index in [9.17, 15) is 10.1 Å². The van der Waals surface area contributed by atoms with Crippen LogP contribution in [0.3, 0.4) is 0 Å². The Balaban J connectivity index is 1.69. The molecule has 0 spiro atoms. The van der Waals surface area contributed by atoms with E-state index in [-0.39, 0.29) is 25.2 Å². The molecule has 3 heterocycles. The summed E-state index contributed by atoms with van der Waals surface area (Å²) in [7, 11) is -1.21. The van der Waals surface area contributed by atoms with Crippen LogP contribution in [0.5, 0.6) is 0 Å². The lowest BCUT2D eigenvalue weighted by atomic mass is 10.1. The number of hydrogen-bond acceptors (Lipinski definition) is 5. The Bertz CT molecular complexity index is 1270. The molecule has 1 aliphatic rings. The number of rotatable bonds is 7. The van der Waals surface area contributed by atoms with Gasteiger partial charge in [-0.1, -0.05) is 31.2 Å². The molecule has 4 rings (SSSR count). The van der Waals surface area contributed by atoms with Gasteiger partial charge in [0.15, 0.2) is 0 Å². The summed E-state index contributed by atoms with van der Waals surface area (Å²) >= 11 is 6.37. The van der Waals surface area contributed by atoms with Crippen molar-refractivity contribution < 1.29 is 9.53 Å². The number of ether oxygens (including phenoxy) is 1. The van der Waals surface area contributed by atoms with Gasteiger partial charge in [0.1, 0.15) is 30.7 Å². The number of nitrogens with zero attached hydrogens (tertiary/aromatic N) is 6. The van der Waals surface area contributed by atoms with Crippen molar-refractivity contribution in [3.05, 3.63) is 34.5 Å². The molecule has 10 heteroatoms. The van der Waals surface area contributed by atoms with Crippen molar-refractivity contribution in [2.75, 3.05) is 13.2 Å². The van der Waals surface area contributed by atoms with Crippen molar-refractivity contribution in [2.24, 2.45) is 0 Å². The summed E-state index contributed by atoms with van der Waals surface area (Å²) in [5.41, 5.74) is 3.52. The first kappa shape index (κ1) is 24.5. The molecule has 0 saturated heterocycles. The fourth-order valence-electron chi connectivity index (χ4n) is 4.13. The molecule has 0 N–H and O–H groups in total. The van der Waals surface area contributed by atoms with Gasteiger partial charge in [0.05, 0.1) is 16.1 Å².